The van der Waals surface area contributed by atoms with Gasteiger partial charge in [-0.1, -0.05) is 30.8 Å². The molecule has 1 aromatic heterocycles. The fourth-order valence-corrected chi connectivity index (χ4v) is 3.20. The molecule has 5 nitrogen and oxygen atoms in total. The second kappa shape index (κ2) is 7.64. The predicted molar refractivity (Wildman–Crippen MR) is 95.0 cm³/mol. The molecule has 1 atom stereocenters. The molecule has 0 radical (unpaired) electrons. The summed E-state index contributed by atoms with van der Waals surface area (Å²) in [4.78, 5) is 29.3. The van der Waals surface area contributed by atoms with Crippen LogP contribution in [0, 0.1) is 0 Å². The standard InChI is InChI=1S/C17H23N3O2S/c1-5-12(4)20-16(22)13-8-6-7-9-14(13)19-17(20)23-10-15(21)18-11(2)3/h6-9,11-12H,5,10H2,1-4H3,(H,18,21)/t12-/m1/s1. The molecule has 0 saturated carbocycles. The van der Waals surface area contributed by atoms with Gasteiger partial charge in [0.1, 0.15) is 0 Å². The van der Waals surface area contributed by atoms with Gasteiger partial charge < -0.3 is 5.32 Å². The fourth-order valence-electron chi connectivity index (χ4n) is 2.29. The summed E-state index contributed by atoms with van der Waals surface area (Å²) in [5, 5.41) is 4.07. The van der Waals surface area contributed by atoms with Crippen LogP contribution < -0.4 is 10.9 Å². The van der Waals surface area contributed by atoms with Crippen LogP contribution in [0.1, 0.15) is 40.2 Å². The van der Waals surface area contributed by atoms with E-state index in [0.717, 1.165) is 6.42 Å². The Hall–Kier alpha value is -1.82. The number of benzene rings is 1. The highest BCUT2D eigenvalue weighted by Gasteiger charge is 2.16. The Labute approximate surface area is 140 Å². The molecule has 124 valence electrons. The molecule has 0 spiro atoms. The third-order valence-corrected chi connectivity index (χ3v) is 4.54. The van der Waals surface area contributed by atoms with E-state index in [4.69, 9.17) is 0 Å². The predicted octanol–water partition coefficient (Wildman–Crippen LogP) is 2.98. The molecule has 1 N–H and O–H groups in total. The maximum absolute atomic E-state index is 12.8. The number of rotatable bonds is 6. The number of hydrogen-bond donors (Lipinski definition) is 1. The van der Waals surface area contributed by atoms with Crippen LogP contribution in [0.5, 0.6) is 0 Å². The number of para-hydroxylation sites is 1. The Kier molecular flexibility index (Phi) is 5.82. The molecule has 0 fully saturated rings. The molecule has 0 unspecified atom stereocenters. The van der Waals surface area contributed by atoms with Gasteiger partial charge in [-0.2, -0.15) is 0 Å². The summed E-state index contributed by atoms with van der Waals surface area (Å²) in [6.07, 6.45) is 0.825. The zero-order valence-electron chi connectivity index (χ0n) is 14.0. The molecule has 0 saturated heterocycles. The van der Waals surface area contributed by atoms with Crippen molar-refractivity contribution in [1.82, 2.24) is 14.9 Å². The SMILES string of the molecule is CC[C@@H](C)n1c(SCC(=O)NC(C)C)nc2ccccc2c1=O. The fraction of sp³-hybridized carbons (Fsp3) is 0.471. The van der Waals surface area contributed by atoms with Crippen molar-refractivity contribution >= 4 is 28.6 Å². The monoisotopic (exact) mass is 333 g/mol. The van der Waals surface area contributed by atoms with Crippen molar-refractivity contribution in [2.24, 2.45) is 0 Å². The molecule has 0 aliphatic carbocycles. The largest absolute Gasteiger partial charge is 0.353 e. The summed E-state index contributed by atoms with van der Waals surface area (Å²) in [5.41, 5.74) is 0.625. The van der Waals surface area contributed by atoms with E-state index in [-0.39, 0.29) is 29.3 Å². The summed E-state index contributed by atoms with van der Waals surface area (Å²) < 4.78 is 1.70. The van der Waals surface area contributed by atoms with Gasteiger partial charge in [0.05, 0.1) is 16.7 Å². The van der Waals surface area contributed by atoms with Crippen molar-refractivity contribution in [3.05, 3.63) is 34.6 Å². The van der Waals surface area contributed by atoms with Crippen LogP contribution >= 0.6 is 11.8 Å². The Morgan fingerprint density at radius 1 is 1.30 bits per heavy atom. The molecule has 0 aliphatic heterocycles. The molecule has 2 aromatic rings. The van der Waals surface area contributed by atoms with Crippen LogP contribution in [0.25, 0.3) is 10.9 Å². The zero-order chi connectivity index (χ0) is 17.0. The summed E-state index contributed by atoms with van der Waals surface area (Å²) in [6.45, 7) is 7.88. The molecular formula is C17H23N3O2S. The lowest BCUT2D eigenvalue weighted by Gasteiger charge is -2.18. The Morgan fingerprint density at radius 3 is 2.65 bits per heavy atom. The lowest BCUT2D eigenvalue weighted by atomic mass is 10.2. The van der Waals surface area contributed by atoms with E-state index in [1.165, 1.54) is 11.8 Å². The first-order chi connectivity index (χ1) is 10.9. The molecule has 1 amide bonds. The van der Waals surface area contributed by atoms with E-state index >= 15 is 0 Å². The zero-order valence-corrected chi connectivity index (χ0v) is 14.8. The lowest BCUT2D eigenvalue weighted by Crippen LogP contribution is -2.32. The molecule has 1 aromatic carbocycles. The van der Waals surface area contributed by atoms with Crippen LogP contribution in [-0.4, -0.2) is 27.3 Å². The van der Waals surface area contributed by atoms with Gasteiger partial charge in [-0.25, -0.2) is 4.98 Å². The van der Waals surface area contributed by atoms with E-state index in [2.05, 4.69) is 10.3 Å². The van der Waals surface area contributed by atoms with Gasteiger partial charge in [0.2, 0.25) is 5.91 Å². The number of nitrogens with zero attached hydrogens (tertiary/aromatic N) is 2. The second-order valence-electron chi connectivity index (χ2n) is 5.85. The molecule has 23 heavy (non-hydrogen) atoms. The van der Waals surface area contributed by atoms with Gasteiger partial charge in [0.25, 0.3) is 5.56 Å². The van der Waals surface area contributed by atoms with Crippen LogP contribution in [0.2, 0.25) is 0 Å². The average Bonchev–Trinajstić information content (AvgIpc) is 2.52. The van der Waals surface area contributed by atoms with Crippen LogP contribution in [-0.2, 0) is 4.79 Å². The van der Waals surface area contributed by atoms with Crippen molar-refractivity contribution in [3.8, 4) is 0 Å². The van der Waals surface area contributed by atoms with Gasteiger partial charge in [0.15, 0.2) is 5.16 Å². The maximum atomic E-state index is 12.8. The van der Waals surface area contributed by atoms with Gasteiger partial charge in [-0.05, 0) is 39.3 Å². The Bertz CT molecular complexity index is 755. The molecule has 1 heterocycles. The third-order valence-electron chi connectivity index (χ3n) is 3.59. The van der Waals surface area contributed by atoms with E-state index in [1.807, 2.05) is 45.9 Å². The van der Waals surface area contributed by atoms with E-state index in [0.29, 0.717) is 16.1 Å². The number of carbonyl (C=O) groups excluding carboxylic acids is 1. The first-order valence-corrected chi connectivity index (χ1v) is 8.86. The molecule has 6 heteroatoms. The highest BCUT2D eigenvalue weighted by atomic mass is 32.2. The van der Waals surface area contributed by atoms with Crippen molar-refractivity contribution in [1.29, 1.82) is 0 Å². The molecule has 0 aliphatic rings. The second-order valence-corrected chi connectivity index (χ2v) is 6.80. The normalized spacial score (nSPS) is 12.6. The number of aromatic nitrogens is 2. The van der Waals surface area contributed by atoms with Crippen LogP contribution in [0.4, 0.5) is 0 Å². The Morgan fingerprint density at radius 2 is 2.00 bits per heavy atom. The van der Waals surface area contributed by atoms with Crippen molar-refractivity contribution in [3.63, 3.8) is 0 Å². The number of carbonyl (C=O) groups is 1. The van der Waals surface area contributed by atoms with Gasteiger partial charge >= 0.3 is 0 Å². The van der Waals surface area contributed by atoms with E-state index < -0.39 is 0 Å². The van der Waals surface area contributed by atoms with E-state index in [9.17, 15) is 9.59 Å². The number of nitrogens with one attached hydrogen (secondary N) is 1. The van der Waals surface area contributed by atoms with Crippen LogP contribution in [0.15, 0.2) is 34.2 Å². The minimum Gasteiger partial charge on any atom is -0.353 e. The smallest absolute Gasteiger partial charge is 0.262 e. The minimum atomic E-state index is -0.0527. The molecule has 0 bridgehead atoms. The Balaban J connectivity index is 2.40. The van der Waals surface area contributed by atoms with E-state index in [1.54, 1.807) is 10.6 Å². The third kappa shape index (κ3) is 4.13. The van der Waals surface area contributed by atoms with Crippen molar-refractivity contribution < 1.29 is 4.79 Å². The first-order valence-electron chi connectivity index (χ1n) is 7.87. The number of hydrogen-bond acceptors (Lipinski definition) is 4. The van der Waals surface area contributed by atoms with Gasteiger partial charge in [0, 0.05) is 12.1 Å². The highest BCUT2D eigenvalue weighted by Crippen LogP contribution is 2.22. The highest BCUT2D eigenvalue weighted by molar-refractivity contribution is 7.99. The molecular weight excluding hydrogens is 310 g/mol. The summed E-state index contributed by atoms with van der Waals surface area (Å²) in [5.74, 6) is 0.197. The summed E-state index contributed by atoms with van der Waals surface area (Å²) in [6, 6.07) is 7.47. The van der Waals surface area contributed by atoms with Crippen molar-refractivity contribution in [2.75, 3.05) is 5.75 Å². The average molecular weight is 333 g/mol. The maximum Gasteiger partial charge on any atom is 0.262 e. The molecule has 2 rings (SSSR count). The van der Waals surface area contributed by atoms with Crippen molar-refractivity contribution in [2.45, 2.75) is 51.4 Å². The summed E-state index contributed by atoms with van der Waals surface area (Å²) in [7, 11) is 0. The quantitative estimate of drug-likeness (QED) is 0.652. The lowest BCUT2D eigenvalue weighted by molar-refractivity contribution is -0.119. The van der Waals surface area contributed by atoms with Gasteiger partial charge in [-0.3, -0.25) is 14.2 Å². The number of fused-ring (bicyclic) bond motifs is 1. The van der Waals surface area contributed by atoms with Crippen LogP contribution in [0.3, 0.4) is 0 Å². The van der Waals surface area contributed by atoms with Gasteiger partial charge in [-0.15, -0.1) is 0 Å². The summed E-state index contributed by atoms with van der Waals surface area (Å²) >= 11 is 1.31. The topological polar surface area (TPSA) is 64.0 Å². The first kappa shape index (κ1) is 17.5. The minimum absolute atomic E-state index is 0.0373. The number of amides is 1. The number of thioether (sulfide) groups is 1.